The lowest BCUT2D eigenvalue weighted by molar-refractivity contribution is -0.130. The lowest BCUT2D eigenvalue weighted by atomic mass is 10.0. The predicted octanol–water partition coefficient (Wildman–Crippen LogP) is 2.46. The van der Waals surface area contributed by atoms with E-state index in [9.17, 15) is 4.79 Å². The van der Waals surface area contributed by atoms with Crippen molar-refractivity contribution in [3.63, 3.8) is 0 Å². The first-order valence-corrected chi connectivity index (χ1v) is 8.83. The summed E-state index contributed by atoms with van der Waals surface area (Å²) < 4.78 is 0. The van der Waals surface area contributed by atoms with Gasteiger partial charge in [-0.2, -0.15) is 0 Å². The molecule has 2 aliphatic rings. The molecule has 4 rings (SSSR count). The van der Waals surface area contributed by atoms with Gasteiger partial charge in [0.1, 0.15) is 0 Å². The largest absolute Gasteiger partial charge is 0.368 e. The van der Waals surface area contributed by atoms with Crippen LogP contribution in [0.4, 0.5) is 5.69 Å². The minimum atomic E-state index is 0.252. The molecule has 1 aromatic carbocycles. The Morgan fingerprint density at radius 1 is 0.958 bits per heavy atom. The quantitative estimate of drug-likeness (QED) is 0.871. The zero-order valence-electron chi connectivity index (χ0n) is 13.9. The number of benzene rings is 1. The minimum absolute atomic E-state index is 0.252. The van der Waals surface area contributed by atoms with E-state index < -0.39 is 0 Å². The molecule has 1 amide bonds. The van der Waals surface area contributed by atoms with Crippen molar-refractivity contribution in [2.45, 2.75) is 25.7 Å². The molecule has 0 spiro atoms. The maximum Gasteiger partial charge on any atom is 0.227 e. The summed E-state index contributed by atoms with van der Waals surface area (Å²) in [6, 6.07) is 10.7. The van der Waals surface area contributed by atoms with Crippen LogP contribution in [0, 0.1) is 0 Å². The molecular formula is C20H23N3O. The molecule has 0 atom stereocenters. The highest BCUT2D eigenvalue weighted by Crippen LogP contribution is 2.23. The van der Waals surface area contributed by atoms with Gasteiger partial charge in [-0.15, -0.1) is 0 Å². The SMILES string of the molecule is O=C(Cc1ccc2c(c1)CCC2)N1CCN(c2ccncc2)CC1. The Kier molecular flexibility index (Phi) is 4.20. The molecule has 1 aromatic heterocycles. The van der Waals surface area contributed by atoms with Gasteiger partial charge in [0.25, 0.3) is 0 Å². The average molecular weight is 321 g/mol. The molecule has 4 nitrogen and oxygen atoms in total. The van der Waals surface area contributed by atoms with Gasteiger partial charge in [0.05, 0.1) is 6.42 Å². The van der Waals surface area contributed by atoms with Crippen LogP contribution in [0.25, 0.3) is 0 Å². The number of carbonyl (C=O) groups is 1. The summed E-state index contributed by atoms with van der Waals surface area (Å²) in [5.74, 6) is 0.252. The molecule has 1 aliphatic carbocycles. The van der Waals surface area contributed by atoms with Crippen LogP contribution >= 0.6 is 0 Å². The molecule has 0 bridgehead atoms. The van der Waals surface area contributed by atoms with E-state index in [1.807, 2.05) is 29.4 Å². The second-order valence-corrected chi connectivity index (χ2v) is 6.71. The third-order valence-corrected chi connectivity index (χ3v) is 5.18. The third kappa shape index (κ3) is 3.14. The van der Waals surface area contributed by atoms with Crippen LogP contribution in [0.3, 0.4) is 0 Å². The van der Waals surface area contributed by atoms with Crippen LogP contribution in [0.1, 0.15) is 23.1 Å². The van der Waals surface area contributed by atoms with Crippen LogP contribution in [0.15, 0.2) is 42.7 Å². The van der Waals surface area contributed by atoms with Crippen molar-refractivity contribution < 1.29 is 4.79 Å². The van der Waals surface area contributed by atoms with Crippen LogP contribution in [0.2, 0.25) is 0 Å². The Labute approximate surface area is 143 Å². The first-order chi connectivity index (χ1) is 11.8. The molecule has 124 valence electrons. The van der Waals surface area contributed by atoms with Gasteiger partial charge >= 0.3 is 0 Å². The molecule has 1 aliphatic heterocycles. The first-order valence-electron chi connectivity index (χ1n) is 8.83. The van der Waals surface area contributed by atoms with Gasteiger partial charge in [0.2, 0.25) is 5.91 Å². The molecule has 1 fully saturated rings. The van der Waals surface area contributed by atoms with Crippen molar-refractivity contribution >= 4 is 11.6 Å². The molecule has 2 heterocycles. The van der Waals surface area contributed by atoms with E-state index in [0.717, 1.165) is 31.7 Å². The highest BCUT2D eigenvalue weighted by atomic mass is 16.2. The number of anilines is 1. The fourth-order valence-electron chi connectivity index (χ4n) is 3.79. The number of piperazine rings is 1. The minimum Gasteiger partial charge on any atom is -0.368 e. The normalized spacial score (nSPS) is 17.0. The summed E-state index contributed by atoms with van der Waals surface area (Å²) in [4.78, 5) is 21.0. The number of hydrogen-bond acceptors (Lipinski definition) is 3. The fraction of sp³-hybridized carbons (Fsp3) is 0.400. The molecule has 4 heteroatoms. The standard InChI is InChI=1S/C20H23N3O/c24-20(15-16-4-5-17-2-1-3-18(17)14-16)23-12-10-22(11-13-23)19-6-8-21-9-7-19/h4-9,14H,1-3,10-13,15H2. The zero-order valence-corrected chi connectivity index (χ0v) is 13.9. The summed E-state index contributed by atoms with van der Waals surface area (Å²) in [5.41, 5.74) is 5.27. The van der Waals surface area contributed by atoms with E-state index in [-0.39, 0.29) is 5.91 Å². The van der Waals surface area contributed by atoms with E-state index in [4.69, 9.17) is 0 Å². The smallest absolute Gasteiger partial charge is 0.227 e. The summed E-state index contributed by atoms with van der Waals surface area (Å²) in [6.07, 6.45) is 7.79. The van der Waals surface area contributed by atoms with E-state index in [2.05, 4.69) is 28.1 Å². The first kappa shape index (κ1) is 15.2. The molecule has 0 N–H and O–H groups in total. The van der Waals surface area contributed by atoms with Gasteiger partial charge in [-0.1, -0.05) is 18.2 Å². The fourth-order valence-corrected chi connectivity index (χ4v) is 3.79. The highest BCUT2D eigenvalue weighted by Gasteiger charge is 2.21. The molecule has 0 radical (unpaired) electrons. The average Bonchev–Trinajstić information content (AvgIpc) is 3.10. The number of nitrogens with zero attached hydrogens (tertiary/aromatic N) is 3. The number of aryl methyl sites for hydroxylation is 2. The van der Waals surface area contributed by atoms with E-state index in [0.29, 0.717) is 6.42 Å². The molecule has 2 aromatic rings. The van der Waals surface area contributed by atoms with Crippen LogP contribution < -0.4 is 4.90 Å². The predicted molar refractivity (Wildman–Crippen MR) is 95.2 cm³/mol. The van der Waals surface area contributed by atoms with Crippen LogP contribution in [0.5, 0.6) is 0 Å². The van der Waals surface area contributed by atoms with Gasteiger partial charge in [-0.25, -0.2) is 0 Å². The Morgan fingerprint density at radius 3 is 2.50 bits per heavy atom. The number of pyridine rings is 1. The van der Waals surface area contributed by atoms with Crippen LogP contribution in [-0.2, 0) is 24.1 Å². The maximum absolute atomic E-state index is 12.6. The van der Waals surface area contributed by atoms with Gasteiger partial charge in [-0.05, 0) is 48.1 Å². The van der Waals surface area contributed by atoms with Crippen molar-refractivity contribution in [1.82, 2.24) is 9.88 Å². The summed E-state index contributed by atoms with van der Waals surface area (Å²) in [6.45, 7) is 3.37. The second-order valence-electron chi connectivity index (χ2n) is 6.71. The summed E-state index contributed by atoms with van der Waals surface area (Å²) >= 11 is 0. The van der Waals surface area contributed by atoms with E-state index in [1.54, 1.807) is 0 Å². The Balaban J connectivity index is 1.35. The third-order valence-electron chi connectivity index (χ3n) is 5.18. The highest BCUT2D eigenvalue weighted by molar-refractivity contribution is 5.79. The second kappa shape index (κ2) is 6.63. The van der Waals surface area contributed by atoms with E-state index in [1.165, 1.54) is 36.1 Å². The maximum atomic E-state index is 12.6. The number of amides is 1. The monoisotopic (exact) mass is 321 g/mol. The molecule has 0 unspecified atom stereocenters. The lowest BCUT2D eigenvalue weighted by Gasteiger charge is -2.36. The van der Waals surface area contributed by atoms with Crippen molar-refractivity contribution in [3.8, 4) is 0 Å². The Morgan fingerprint density at radius 2 is 1.71 bits per heavy atom. The van der Waals surface area contributed by atoms with Gasteiger partial charge in [0.15, 0.2) is 0 Å². The zero-order chi connectivity index (χ0) is 16.4. The van der Waals surface area contributed by atoms with Gasteiger partial charge in [-0.3, -0.25) is 9.78 Å². The molecular weight excluding hydrogens is 298 g/mol. The Hall–Kier alpha value is -2.36. The topological polar surface area (TPSA) is 36.4 Å². The summed E-state index contributed by atoms with van der Waals surface area (Å²) in [5, 5.41) is 0. The number of fused-ring (bicyclic) bond motifs is 1. The van der Waals surface area contributed by atoms with Gasteiger partial charge in [0, 0.05) is 44.3 Å². The van der Waals surface area contributed by atoms with Gasteiger partial charge < -0.3 is 9.80 Å². The summed E-state index contributed by atoms with van der Waals surface area (Å²) in [7, 11) is 0. The number of rotatable bonds is 3. The van der Waals surface area contributed by atoms with Crippen molar-refractivity contribution in [1.29, 1.82) is 0 Å². The number of hydrogen-bond donors (Lipinski definition) is 0. The Bertz CT molecular complexity index is 721. The number of carbonyl (C=O) groups excluding carboxylic acids is 1. The molecule has 0 saturated carbocycles. The van der Waals surface area contributed by atoms with Crippen molar-refractivity contribution in [2.24, 2.45) is 0 Å². The van der Waals surface area contributed by atoms with Crippen molar-refractivity contribution in [3.05, 3.63) is 59.4 Å². The number of aromatic nitrogens is 1. The van der Waals surface area contributed by atoms with Crippen LogP contribution in [-0.4, -0.2) is 42.0 Å². The molecule has 1 saturated heterocycles. The van der Waals surface area contributed by atoms with Crippen molar-refractivity contribution in [2.75, 3.05) is 31.1 Å². The lowest BCUT2D eigenvalue weighted by Crippen LogP contribution is -2.49. The van der Waals surface area contributed by atoms with E-state index >= 15 is 0 Å². The molecule has 24 heavy (non-hydrogen) atoms.